The van der Waals surface area contributed by atoms with E-state index in [4.69, 9.17) is 10.1 Å². The van der Waals surface area contributed by atoms with E-state index in [0.717, 1.165) is 12.8 Å². The van der Waals surface area contributed by atoms with Crippen LogP contribution in [-0.4, -0.2) is 23.2 Å². The van der Waals surface area contributed by atoms with Crippen LogP contribution in [0, 0.1) is 5.41 Å². The first-order valence-electron chi connectivity index (χ1n) is 3.92. The third-order valence-corrected chi connectivity index (χ3v) is 1.30. The van der Waals surface area contributed by atoms with E-state index in [9.17, 15) is 5.11 Å². The standard InChI is InChI=1S/C8H17NO2/c1-4-5-6-11-7(9)8(2,3)10/h9-10H,4-6H2,1-3H3. The number of nitrogens with one attached hydrogen (secondary N) is 1. The van der Waals surface area contributed by atoms with Crippen LogP contribution in [0.3, 0.4) is 0 Å². The maximum Gasteiger partial charge on any atom is 0.212 e. The number of unbranched alkanes of at least 4 members (excludes halogenated alkanes) is 1. The fraction of sp³-hybridized carbons (Fsp3) is 0.875. The predicted molar refractivity (Wildman–Crippen MR) is 44.9 cm³/mol. The van der Waals surface area contributed by atoms with Crippen LogP contribution in [0.4, 0.5) is 0 Å². The van der Waals surface area contributed by atoms with Gasteiger partial charge in [-0.15, -0.1) is 0 Å². The molecular weight excluding hydrogens is 142 g/mol. The second-order valence-electron chi connectivity index (χ2n) is 3.09. The molecule has 11 heavy (non-hydrogen) atoms. The molecule has 0 aliphatic heterocycles. The minimum Gasteiger partial charge on any atom is -0.479 e. The first-order valence-corrected chi connectivity index (χ1v) is 3.92. The van der Waals surface area contributed by atoms with Crippen molar-refractivity contribution in [3.8, 4) is 0 Å². The Balaban J connectivity index is 3.54. The molecule has 3 heteroatoms. The van der Waals surface area contributed by atoms with E-state index in [2.05, 4.69) is 6.92 Å². The normalized spacial score (nSPS) is 11.3. The van der Waals surface area contributed by atoms with Crippen LogP contribution in [-0.2, 0) is 4.74 Å². The largest absolute Gasteiger partial charge is 0.479 e. The molecule has 66 valence electrons. The van der Waals surface area contributed by atoms with Gasteiger partial charge in [0.05, 0.1) is 6.61 Å². The summed E-state index contributed by atoms with van der Waals surface area (Å²) in [5.74, 6) is -0.0500. The molecule has 0 bridgehead atoms. The van der Waals surface area contributed by atoms with E-state index in [0.29, 0.717) is 6.61 Å². The van der Waals surface area contributed by atoms with Crippen molar-refractivity contribution in [2.24, 2.45) is 0 Å². The molecule has 0 heterocycles. The maximum absolute atomic E-state index is 9.24. The monoisotopic (exact) mass is 159 g/mol. The van der Waals surface area contributed by atoms with Gasteiger partial charge < -0.3 is 9.84 Å². The summed E-state index contributed by atoms with van der Waals surface area (Å²) in [5.41, 5.74) is -1.13. The van der Waals surface area contributed by atoms with E-state index in [1.807, 2.05) is 0 Å². The summed E-state index contributed by atoms with van der Waals surface area (Å²) in [6.45, 7) is 5.67. The van der Waals surface area contributed by atoms with Gasteiger partial charge in [0.15, 0.2) is 0 Å². The molecule has 0 spiro atoms. The van der Waals surface area contributed by atoms with Crippen molar-refractivity contribution in [1.82, 2.24) is 0 Å². The maximum atomic E-state index is 9.24. The van der Waals surface area contributed by atoms with Gasteiger partial charge in [-0.1, -0.05) is 13.3 Å². The summed E-state index contributed by atoms with van der Waals surface area (Å²) in [6, 6.07) is 0. The molecule has 3 nitrogen and oxygen atoms in total. The minimum atomic E-state index is -1.13. The molecule has 0 unspecified atom stereocenters. The van der Waals surface area contributed by atoms with Gasteiger partial charge in [-0.3, -0.25) is 5.41 Å². The van der Waals surface area contributed by atoms with Gasteiger partial charge >= 0.3 is 0 Å². The molecule has 0 aliphatic carbocycles. The van der Waals surface area contributed by atoms with E-state index in [1.165, 1.54) is 0 Å². The first-order chi connectivity index (χ1) is 4.98. The zero-order chi connectivity index (χ0) is 8.91. The number of hydrogen-bond acceptors (Lipinski definition) is 3. The number of rotatable bonds is 4. The molecule has 0 atom stereocenters. The quantitative estimate of drug-likeness (QED) is 0.371. The molecule has 0 aromatic heterocycles. The molecular formula is C8H17NO2. The number of ether oxygens (including phenoxy) is 1. The summed E-state index contributed by atoms with van der Waals surface area (Å²) < 4.78 is 4.98. The van der Waals surface area contributed by atoms with Gasteiger partial charge in [-0.05, 0) is 20.3 Å². The molecule has 0 aliphatic rings. The Bertz CT molecular complexity index is 127. The summed E-state index contributed by atoms with van der Waals surface area (Å²) in [5, 5.41) is 16.5. The Labute approximate surface area is 67.9 Å². The average Bonchev–Trinajstić information content (AvgIpc) is 1.86. The van der Waals surface area contributed by atoms with Crippen LogP contribution in [0.2, 0.25) is 0 Å². The highest BCUT2D eigenvalue weighted by molar-refractivity contribution is 5.80. The third kappa shape index (κ3) is 4.79. The van der Waals surface area contributed by atoms with E-state index < -0.39 is 5.60 Å². The van der Waals surface area contributed by atoms with Crippen LogP contribution in [0.15, 0.2) is 0 Å². The topological polar surface area (TPSA) is 53.3 Å². The van der Waals surface area contributed by atoms with Crippen molar-refractivity contribution in [1.29, 1.82) is 5.41 Å². The Morgan fingerprint density at radius 1 is 1.55 bits per heavy atom. The van der Waals surface area contributed by atoms with Gasteiger partial charge in [-0.2, -0.15) is 0 Å². The molecule has 0 saturated carbocycles. The Morgan fingerprint density at radius 3 is 2.45 bits per heavy atom. The molecule has 0 aromatic rings. The minimum absolute atomic E-state index is 0.0500. The second-order valence-corrected chi connectivity index (χ2v) is 3.09. The summed E-state index contributed by atoms with van der Waals surface area (Å²) >= 11 is 0. The highest BCUT2D eigenvalue weighted by atomic mass is 16.5. The zero-order valence-electron chi connectivity index (χ0n) is 7.48. The van der Waals surface area contributed by atoms with Crippen LogP contribution in [0.5, 0.6) is 0 Å². The van der Waals surface area contributed by atoms with Gasteiger partial charge in [0.1, 0.15) is 5.60 Å². The lowest BCUT2D eigenvalue weighted by Crippen LogP contribution is -2.32. The number of aliphatic hydroxyl groups is 1. The van der Waals surface area contributed by atoms with Gasteiger partial charge in [0.2, 0.25) is 5.90 Å². The van der Waals surface area contributed by atoms with E-state index in [-0.39, 0.29) is 5.90 Å². The van der Waals surface area contributed by atoms with E-state index in [1.54, 1.807) is 13.8 Å². The van der Waals surface area contributed by atoms with Crippen molar-refractivity contribution in [3.63, 3.8) is 0 Å². The molecule has 2 N–H and O–H groups in total. The second kappa shape index (κ2) is 4.34. The van der Waals surface area contributed by atoms with Crippen molar-refractivity contribution in [3.05, 3.63) is 0 Å². The molecule has 0 fully saturated rings. The highest BCUT2D eigenvalue weighted by Gasteiger charge is 2.20. The van der Waals surface area contributed by atoms with Crippen molar-refractivity contribution in [2.45, 2.75) is 39.2 Å². The van der Waals surface area contributed by atoms with Crippen molar-refractivity contribution >= 4 is 5.90 Å². The van der Waals surface area contributed by atoms with Crippen molar-refractivity contribution < 1.29 is 9.84 Å². The Kier molecular flexibility index (Phi) is 4.11. The van der Waals surface area contributed by atoms with Crippen molar-refractivity contribution in [2.75, 3.05) is 6.61 Å². The fourth-order valence-electron chi connectivity index (χ4n) is 0.495. The van der Waals surface area contributed by atoms with Crippen LogP contribution in [0.1, 0.15) is 33.6 Å². The van der Waals surface area contributed by atoms with Crippen LogP contribution >= 0.6 is 0 Å². The lowest BCUT2D eigenvalue weighted by Gasteiger charge is -2.18. The van der Waals surface area contributed by atoms with Crippen LogP contribution < -0.4 is 0 Å². The summed E-state index contributed by atoms with van der Waals surface area (Å²) in [4.78, 5) is 0. The Hall–Kier alpha value is -0.570. The SMILES string of the molecule is CCCCOC(=N)C(C)(C)O. The first kappa shape index (κ1) is 10.4. The zero-order valence-corrected chi connectivity index (χ0v) is 7.48. The smallest absolute Gasteiger partial charge is 0.212 e. The summed E-state index contributed by atoms with van der Waals surface area (Å²) in [6.07, 6.45) is 1.97. The molecule has 0 aromatic carbocycles. The molecule has 0 rings (SSSR count). The Morgan fingerprint density at radius 2 is 2.09 bits per heavy atom. The van der Waals surface area contributed by atoms with Gasteiger partial charge in [0, 0.05) is 0 Å². The summed E-state index contributed by atoms with van der Waals surface area (Å²) in [7, 11) is 0. The van der Waals surface area contributed by atoms with Crippen LogP contribution in [0.25, 0.3) is 0 Å². The van der Waals surface area contributed by atoms with Gasteiger partial charge in [-0.25, -0.2) is 0 Å². The third-order valence-electron chi connectivity index (χ3n) is 1.30. The lowest BCUT2D eigenvalue weighted by atomic mass is 10.1. The predicted octanol–water partition coefficient (Wildman–Crippen LogP) is 1.55. The lowest BCUT2D eigenvalue weighted by molar-refractivity contribution is 0.111. The molecule has 0 amide bonds. The van der Waals surface area contributed by atoms with Gasteiger partial charge in [0.25, 0.3) is 0 Å². The molecule has 0 saturated heterocycles. The molecule has 0 radical (unpaired) electrons. The highest BCUT2D eigenvalue weighted by Crippen LogP contribution is 2.04. The average molecular weight is 159 g/mol. The van der Waals surface area contributed by atoms with E-state index >= 15 is 0 Å². The number of hydrogen-bond donors (Lipinski definition) is 2. The fourth-order valence-corrected chi connectivity index (χ4v) is 0.495.